The van der Waals surface area contributed by atoms with E-state index < -0.39 is 52.5 Å². The maximum absolute atomic E-state index is 14.0. The summed E-state index contributed by atoms with van der Waals surface area (Å²) in [4.78, 5) is 41.1. The van der Waals surface area contributed by atoms with Crippen molar-refractivity contribution in [2.75, 3.05) is 20.7 Å². The Morgan fingerprint density at radius 1 is 1.03 bits per heavy atom. The van der Waals surface area contributed by atoms with E-state index in [9.17, 15) is 23.2 Å². The zero-order valence-electron chi connectivity index (χ0n) is 24.7. The number of amides is 2. The lowest BCUT2D eigenvalue weighted by Crippen LogP contribution is -2.61. The van der Waals surface area contributed by atoms with Gasteiger partial charge in [-0.2, -0.15) is 0 Å². The minimum absolute atomic E-state index is 0.0310. The van der Waals surface area contributed by atoms with E-state index in [1.807, 2.05) is 34.6 Å². The maximum Gasteiger partial charge on any atom is 0.333 e. The van der Waals surface area contributed by atoms with Crippen molar-refractivity contribution in [1.29, 1.82) is 0 Å². The van der Waals surface area contributed by atoms with Crippen LogP contribution < -0.4 is 10.6 Å². The van der Waals surface area contributed by atoms with Crippen molar-refractivity contribution in [1.82, 2.24) is 15.5 Å². The number of nitrogens with zero attached hydrogens (tertiary/aromatic N) is 1. The van der Waals surface area contributed by atoms with E-state index in [1.54, 1.807) is 47.9 Å². The van der Waals surface area contributed by atoms with Gasteiger partial charge in [-0.25, -0.2) is 13.6 Å². The van der Waals surface area contributed by atoms with Crippen LogP contribution in [-0.2, 0) is 24.5 Å². The first-order chi connectivity index (χ1) is 17.4. The van der Waals surface area contributed by atoms with Crippen molar-refractivity contribution in [2.45, 2.75) is 85.9 Å². The topological polar surface area (TPSA) is 87.7 Å². The summed E-state index contributed by atoms with van der Waals surface area (Å²) < 4.78 is 33.0. The molecule has 0 aliphatic rings. The summed E-state index contributed by atoms with van der Waals surface area (Å²) in [6.07, 6.45) is 1.71. The molecule has 7 nitrogen and oxygen atoms in total. The molecule has 0 spiro atoms. The van der Waals surface area contributed by atoms with Crippen LogP contribution in [0.5, 0.6) is 0 Å². The van der Waals surface area contributed by atoms with E-state index in [0.29, 0.717) is 11.1 Å². The van der Waals surface area contributed by atoms with Crippen molar-refractivity contribution in [3.63, 3.8) is 0 Å². The summed E-state index contributed by atoms with van der Waals surface area (Å²) >= 11 is 0. The van der Waals surface area contributed by atoms with Gasteiger partial charge >= 0.3 is 5.97 Å². The van der Waals surface area contributed by atoms with Crippen LogP contribution in [0.2, 0.25) is 0 Å². The Hall–Kier alpha value is -2.81. The Balaban J connectivity index is 3.35. The SMILES string of the molecule is CCOC(=O)/C(C)=C/[C@H](C(C)C)N(C)C(=O)[C@@H](NC(=O)[C@@H](NC)C(C)(C)c1cc(F)cc(F)c1)C(C)(C)C. The van der Waals surface area contributed by atoms with Crippen LogP contribution in [0.4, 0.5) is 8.78 Å². The van der Waals surface area contributed by atoms with E-state index in [-0.39, 0.29) is 18.4 Å². The molecule has 0 aliphatic heterocycles. The average molecular weight is 538 g/mol. The first kappa shape index (κ1) is 33.2. The zero-order chi connectivity index (χ0) is 29.6. The summed E-state index contributed by atoms with van der Waals surface area (Å²) in [7, 11) is 3.22. The lowest BCUT2D eigenvalue weighted by atomic mass is 9.76. The lowest BCUT2D eigenvalue weighted by molar-refractivity contribution is -0.141. The lowest BCUT2D eigenvalue weighted by Gasteiger charge is -2.40. The second-order valence-electron chi connectivity index (χ2n) is 11.7. The van der Waals surface area contributed by atoms with Gasteiger partial charge in [-0.1, -0.05) is 54.5 Å². The summed E-state index contributed by atoms with van der Waals surface area (Å²) in [6.45, 7) is 16.4. The van der Waals surface area contributed by atoms with Crippen LogP contribution in [0.3, 0.4) is 0 Å². The van der Waals surface area contributed by atoms with E-state index in [0.717, 1.165) is 6.07 Å². The standard InChI is InChI=1S/C29H45F2N3O4/c1-12-38-27(37)18(4)13-22(17(2)3)34(11)26(36)24(28(5,6)7)33-25(35)23(32-10)29(8,9)19-14-20(30)16-21(31)15-19/h13-17,22-24,32H,12H2,1-11H3,(H,33,35)/b18-13+/t22-,23-,24-/m1/s1. The van der Waals surface area contributed by atoms with Crippen LogP contribution in [0.1, 0.15) is 67.9 Å². The Labute approximate surface area is 226 Å². The van der Waals surface area contributed by atoms with Gasteiger partial charge < -0.3 is 20.3 Å². The van der Waals surface area contributed by atoms with Gasteiger partial charge in [0.25, 0.3) is 0 Å². The summed E-state index contributed by atoms with van der Waals surface area (Å²) in [5.41, 5.74) is -0.991. The number of esters is 1. The number of ether oxygens (including phenoxy) is 1. The molecule has 0 saturated carbocycles. The van der Waals surface area contributed by atoms with Crippen molar-refractivity contribution in [3.8, 4) is 0 Å². The summed E-state index contributed by atoms with van der Waals surface area (Å²) in [5, 5.41) is 5.84. The molecule has 214 valence electrons. The summed E-state index contributed by atoms with van der Waals surface area (Å²) in [5.74, 6) is -2.77. The normalized spacial score (nSPS) is 15.1. The molecule has 0 heterocycles. The highest BCUT2D eigenvalue weighted by Crippen LogP contribution is 2.30. The van der Waals surface area contributed by atoms with Crippen LogP contribution in [0.25, 0.3) is 0 Å². The van der Waals surface area contributed by atoms with E-state index in [2.05, 4.69) is 10.6 Å². The van der Waals surface area contributed by atoms with Crippen molar-refractivity contribution in [2.24, 2.45) is 11.3 Å². The third kappa shape index (κ3) is 8.35. The van der Waals surface area contributed by atoms with E-state index >= 15 is 0 Å². The maximum atomic E-state index is 14.0. The van der Waals surface area contributed by atoms with Crippen LogP contribution in [0.15, 0.2) is 29.8 Å². The molecule has 1 aromatic rings. The van der Waals surface area contributed by atoms with Gasteiger partial charge in [-0.05, 0) is 49.9 Å². The molecule has 0 fully saturated rings. The predicted octanol–water partition coefficient (Wildman–Crippen LogP) is 4.35. The number of rotatable bonds is 11. The minimum Gasteiger partial charge on any atom is -0.463 e. The van der Waals surface area contributed by atoms with Crippen LogP contribution >= 0.6 is 0 Å². The smallest absolute Gasteiger partial charge is 0.333 e. The third-order valence-corrected chi connectivity index (χ3v) is 6.77. The zero-order valence-corrected chi connectivity index (χ0v) is 24.7. The number of carbonyl (C=O) groups excluding carboxylic acids is 3. The van der Waals surface area contributed by atoms with E-state index in [1.165, 1.54) is 17.0 Å². The van der Waals surface area contributed by atoms with Crippen molar-refractivity contribution >= 4 is 17.8 Å². The summed E-state index contributed by atoms with van der Waals surface area (Å²) in [6, 6.07) is 0.924. The Bertz CT molecular complexity index is 1010. The molecule has 0 saturated heterocycles. The molecule has 0 unspecified atom stereocenters. The van der Waals surface area contributed by atoms with E-state index in [4.69, 9.17) is 4.74 Å². The van der Waals surface area contributed by atoms with Gasteiger partial charge in [0.2, 0.25) is 11.8 Å². The minimum atomic E-state index is -1.01. The van der Waals surface area contributed by atoms with Gasteiger partial charge in [-0.15, -0.1) is 0 Å². The van der Waals surface area contributed by atoms with Gasteiger partial charge in [0.05, 0.1) is 18.7 Å². The number of halogens is 2. The number of nitrogens with one attached hydrogen (secondary N) is 2. The highest BCUT2D eigenvalue weighted by Gasteiger charge is 2.42. The fraction of sp³-hybridized carbons (Fsp3) is 0.621. The number of carbonyl (C=O) groups is 3. The Morgan fingerprint density at radius 3 is 1.97 bits per heavy atom. The monoisotopic (exact) mass is 537 g/mol. The first-order valence-corrected chi connectivity index (χ1v) is 12.9. The van der Waals surface area contributed by atoms with Crippen molar-refractivity contribution < 1.29 is 27.9 Å². The first-order valence-electron chi connectivity index (χ1n) is 12.9. The van der Waals surface area contributed by atoms with Crippen molar-refractivity contribution in [3.05, 3.63) is 47.0 Å². The second kappa shape index (κ2) is 13.3. The molecule has 0 bridgehead atoms. The number of likely N-dealkylation sites (N-methyl/N-ethyl adjacent to an activating group) is 2. The second-order valence-corrected chi connectivity index (χ2v) is 11.7. The van der Waals surface area contributed by atoms with Crippen LogP contribution in [0, 0.1) is 23.0 Å². The number of hydrogen-bond donors (Lipinski definition) is 2. The fourth-order valence-electron chi connectivity index (χ4n) is 4.46. The average Bonchev–Trinajstić information content (AvgIpc) is 2.78. The third-order valence-electron chi connectivity index (χ3n) is 6.77. The molecule has 0 aromatic heterocycles. The highest BCUT2D eigenvalue weighted by atomic mass is 19.1. The van der Waals surface area contributed by atoms with Crippen LogP contribution in [-0.4, -0.2) is 61.5 Å². The highest BCUT2D eigenvalue weighted by molar-refractivity contribution is 5.92. The Kier molecular flexibility index (Phi) is 11.6. The van der Waals surface area contributed by atoms with Gasteiger partial charge in [0.15, 0.2) is 0 Å². The predicted molar refractivity (Wildman–Crippen MR) is 145 cm³/mol. The molecule has 0 aliphatic carbocycles. The quantitative estimate of drug-likeness (QED) is 0.324. The molecule has 9 heteroatoms. The molecule has 2 amide bonds. The molecule has 0 radical (unpaired) electrons. The molecule has 1 rings (SSSR count). The molecule has 3 atom stereocenters. The molecule has 2 N–H and O–H groups in total. The van der Waals surface area contributed by atoms with Gasteiger partial charge in [-0.3, -0.25) is 9.59 Å². The Morgan fingerprint density at radius 2 is 1.55 bits per heavy atom. The van der Waals surface area contributed by atoms with Gasteiger partial charge in [0.1, 0.15) is 17.7 Å². The molecule has 38 heavy (non-hydrogen) atoms. The molecular weight excluding hydrogens is 492 g/mol. The van der Waals surface area contributed by atoms with Gasteiger partial charge in [0, 0.05) is 24.1 Å². The number of benzene rings is 1. The number of hydrogen-bond acceptors (Lipinski definition) is 5. The molecular formula is C29H45F2N3O4. The molecule has 1 aromatic carbocycles. The largest absolute Gasteiger partial charge is 0.463 e. The fourth-order valence-corrected chi connectivity index (χ4v) is 4.46.